The molecule has 0 aliphatic heterocycles. The molecule has 1 aromatic carbocycles. The van der Waals surface area contributed by atoms with Gasteiger partial charge in [0, 0.05) is 25.7 Å². The molecule has 1 amide bonds. The number of aromatic nitrogens is 3. The zero-order chi connectivity index (χ0) is 33.1. The number of carboxylic acids is 2. The van der Waals surface area contributed by atoms with Crippen molar-refractivity contribution >= 4 is 45.0 Å². The van der Waals surface area contributed by atoms with Crippen molar-refractivity contribution in [3.05, 3.63) is 63.2 Å². The topological polar surface area (TPSA) is 201 Å². The number of sulfonamides is 1. The van der Waals surface area contributed by atoms with Crippen molar-refractivity contribution in [2.45, 2.75) is 57.1 Å². The van der Waals surface area contributed by atoms with Gasteiger partial charge in [0.05, 0.1) is 4.90 Å². The fourth-order valence-electron chi connectivity index (χ4n) is 3.82. The largest absolute Gasteiger partial charge is 0.490 e. The van der Waals surface area contributed by atoms with Gasteiger partial charge in [-0.1, -0.05) is 35.1 Å². The lowest BCUT2D eigenvalue weighted by atomic mass is 10.1. The Labute approximate surface area is 255 Å². The van der Waals surface area contributed by atoms with E-state index in [1.807, 2.05) is 25.1 Å². The average molecular weight is 661 g/mol. The minimum Gasteiger partial charge on any atom is -0.480 e. The molecule has 5 N–H and O–H groups in total. The van der Waals surface area contributed by atoms with Gasteiger partial charge in [0.1, 0.15) is 16.9 Å². The maximum absolute atomic E-state index is 12.9. The van der Waals surface area contributed by atoms with Gasteiger partial charge in [-0.3, -0.25) is 9.59 Å². The summed E-state index contributed by atoms with van der Waals surface area (Å²) >= 11 is 1.12. The van der Waals surface area contributed by atoms with Crippen LogP contribution in [0.4, 0.5) is 19.0 Å². The Balaban J connectivity index is 0.000000860. The number of carbonyl (C=O) groups is 3. The number of carbonyl (C=O) groups excluding carboxylic acids is 1. The van der Waals surface area contributed by atoms with Crippen LogP contribution in [0.1, 0.15) is 44.3 Å². The monoisotopic (exact) mass is 660 g/mol. The number of anilines is 1. The third-order valence-corrected chi connectivity index (χ3v) is 8.39. The van der Waals surface area contributed by atoms with E-state index in [0.717, 1.165) is 42.1 Å². The smallest absolute Gasteiger partial charge is 0.480 e. The van der Waals surface area contributed by atoms with Gasteiger partial charge in [-0.2, -0.15) is 17.9 Å². The molecule has 0 spiro atoms. The Morgan fingerprint density at radius 3 is 2.20 bits per heavy atom. The Hall–Kier alpha value is -4.16. The molecular weight excluding hydrogens is 629 g/mol. The molecule has 1 atom stereocenters. The molecule has 0 saturated carbocycles. The number of nitrogens with zero attached hydrogens (tertiary/aromatic N) is 3. The van der Waals surface area contributed by atoms with Crippen molar-refractivity contribution in [3.63, 3.8) is 0 Å². The molecule has 2 heterocycles. The van der Waals surface area contributed by atoms with Crippen molar-refractivity contribution in [1.29, 1.82) is 0 Å². The summed E-state index contributed by atoms with van der Waals surface area (Å²) in [6.45, 7) is 5.44. The highest BCUT2D eigenvalue weighted by Crippen LogP contribution is 2.22. The predicted octanol–water partition coefficient (Wildman–Crippen LogP) is 3.09. The van der Waals surface area contributed by atoms with Crippen LogP contribution in [-0.2, 0) is 26.0 Å². The minimum absolute atomic E-state index is 0.0275. The van der Waals surface area contributed by atoms with Crippen LogP contribution in [0.3, 0.4) is 0 Å². The second kappa shape index (κ2) is 16.1. The third-order valence-electron chi connectivity index (χ3n) is 5.63. The third kappa shape index (κ3) is 11.5. The maximum atomic E-state index is 12.9. The van der Waals surface area contributed by atoms with Crippen LogP contribution in [-0.4, -0.2) is 77.0 Å². The van der Waals surface area contributed by atoms with Gasteiger partial charge in [-0.25, -0.2) is 18.2 Å². The molecule has 2 aromatic heterocycles. The van der Waals surface area contributed by atoms with E-state index in [1.165, 1.54) is 0 Å². The highest BCUT2D eigenvalue weighted by atomic mass is 32.2. The second-order valence-electron chi connectivity index (χ2n) is 9.35. The number of aryl methyl sites for hydroxylation is 4. The van der Waals surface area contributed by atoms with Crippen molar-refractivity contribution in [2.75, 3.05) is 18.4 Å². The summed E-state index contributed by atoms with van der Waals surface area (Å²) in [4.78, 5) is 37.4. The predicted molar refractivity (Wildman–Crippen MR) is 154 cm³/mol. The van der Waals surface area contributed by atoms with E-state index in [4.69, 9.17) is 9.90 Å². The molecule has 3 aromatic rings. The molecule has 18 heteroatoms. The van der Waals surface area contributed by atoms with E-state index in [-0.39, 0.29) is 9.90 Å². The molecule has 0 bridgehead atoms. The molecule has 0 aliphatic rings. The molecule has 0 saturated heterocycles. The number of amides is 1. The van der Waals surface area contributed by atoms with Crippen LogP contribution in [0.15, 0.2) is 41.4 Å². The van der Waals surface area contributed by atoms with Gasteiger partial charge in [-0.05, 0) is 56.9 Å². The van der Waals surface area contributed by atoms with Crippen LogP contribution in [0.5, 0.6) is 0 Å². The Kier molecular flexibility index (Phi) is 13.2. The summed E-state index contributed by atoms with van der Waals surface area (Å²) in [6.07, 6.45) is -1.02. The number of halogens is 3. The van der Waals surface area contributed by atoms with Crippen LogP contribution in [0, 0.1) is 20.8 Å². The first-order valence-electron chi connectivity index (χ1n) is 12.9. The lowest BCUT2D eigenvalue weighted by Gasteiger charge is -2.18. The van der Waals surface area contributed by atoms with E-state index in [1.54, 1.807) is 32.2 Å². The first-order chi connectivity index (χ1) is 20.5. The van der Waals surface area contributed by atoms with Gasteiger partial charge in [0.25, 0.3) is 5.91 Å². The van der Waals surface area contributed by atoms with E-state index >= 15 is 0 Å². The number of hydrogen-bond acceptors (Lipinski definition) is 10. The van der Waals surface area contributed by atoms with Crippen molar-refractivity contribution in [3.8, 4) is 0 Å². The van der Waals surface area contributed by atoms with Crippen LogP contribution < -0.4 is 15.4 Å². The summed E-state index contributed by atoms with van der Waals surface area (Å²) < 4.78 is 59.8. The van der Waals surface area contributed by atoms with Crippen LogP contribution >= 0.6 is 11.3 Å². The van der Waals surface area contributed by atoms with Gasteiger partial charge in [0.15, 0.2) is 0 Å². The first kappa shape index (κ1) is 36.0. The lowest BCUT2D eigenvalue weighted by molar-refractivity contribution is -0.192. The number of aliphatic carboxylic acids is 2. The van der Waals surface area contributed by atoms with Crippen LogP contribution in [0.25, 0.3) is 0 Å². The van der Waals surface area contributed by atoms with E-state index in [0.29, 0.717) is 22.6 Å². The number of alkyl halides is 3. The molecule has 0 fully saturated rings. The Morgan fingerprint density at radius 2 is 1.66 bits per heavy atom. The quantitative estimate of drug-likeness (QED) is 0.169. The fraction of sp³-hybridized carbons (Fsp3) is 0.385. The summed E-state index contributed by atoms with van der Waals surface area (Å²) in [5.74, 6) is -3.98. The summed E-state index contributed by atoms with van der Waals surface area (Å²) in [6, 6.07) is 7.50. The SMILES string of the molecule is Cc1cc(C)c(S(=O)(=O)NC(CNC(=O)c2nnc(CCCCNc3ccccn3)s2)C(=O)O)c(C)c1.O=C(O)C(F)(F)F. The molecule has 3 rings (SSSR count). The van der Waals surface area contributed by atoms with Crippen molar-refractivity contribution < 1.29 is 46.2 Å². The molecular formula is C26H31F3N6O7S2. The number of benzene rings is 1. The molecule has 0 radical (unpaired) electrons. The maximum Gasteiger partial charge on any atom is 0.490 e. The number of carboxylic acid groups (broad SMARTS) is 2. The Morgan fingerprint density at radius 1 is 1.02 bits per heavy atom. The second-order valence-corrected chi connectivity index (χ2v) is 12.1. The molecule has 44 heavy (non-hydrogen) atoms. The summed E-state index contributed by atoms with van der Waals surface area (Å²) in [7, 11) is -4.14. The standard InChI is InChI=1S/C24H30N6O5S2.C2HF3O2/c1-15-12-16(2)21(17(3)13-15)37(34,35)30-18(24(32)33)14-27-22(31)23-29-28-20(36-23)9-5-7-11-26-19-8-4-6-10-25-19;3-2(4,5)1(6)7/h4,6,8,10,12-13,18,30H,5,7,9,11,14H2,1-3H3,(H,25,26)(H,27,31)(H,32,33);(H,6,7). The fourth-order valence-corrected chi connectivity index (χ4v) is 6.26. The number of hydrogen-bond donors (Lipinski definition) is 5. The lowest BCUT2D eigenvalue weighted by Crippen LogP contribution is -2.48. The Bertz CT molecular complexity index is 1530. The van der Waals surface area contributed by atoms with Crippen molar-refractivity contribution in [2.24, 2.45) is 0 Å². The summed E-state index contributed by atoms with van der Waals surface area (Å²) in [5.41, 5.74) is 1.91. The molecule has 240 valence electrons. The highest BCUT2D eigenvalue weighted by molar-refractivity contribution is 7.89. The van der Waals surface area contributed by atoms with Gasteiger partial charge < -0.3 is 20.8 Å². The first-order valence-corrected chi connectivity index (χ1v) is 15.2. The number of nitrogens with one attached hydrogen (secondary N) is 3. The van der Waals surface area contributed by atoms with Gasteiger partial charge in [-0.15, -0.1) is 10.2 Å². The molecule has 13 nitrogen and oxygen atoms in total. The minimum atomic E-state index is -5.08. The molecule has 1 unspecified atom stereocenters. The summed E-state index contributed by atoms with van der Waals surface area (Å²) in [5, 5.41) is 31.0. The number of unbranched alkanes of at least 4 members (excludes halogenated alkanes) is 1. The number of pyridine rings is 1. The van der Waals surface area contributed by atoms with Gasteiger partial charge in [0.2, 0.25) is 15.0 Å². The van der Waals surface area contributed by atoms with E-state index in [9.17, 15) is 36.3 Å². The van der Waals surface area contributed by atoms with Gasteiger partial charge >= 0.3 is 18.1 Å². The normalized spacial score (nSPS) is 12.0. The van der Waals surface area contributed by atoms with E-state index < -0.39 is 46.6 Å². The number of rotatable bonds is 13. The van der Waals surface area contributed by atoms with Crippen LogP contribution in [0.2, 0.25) is 0 Å². The van der Waals surface area contributed by atoms with Crippen molar-refractivity contribution in [1.82, 2.24) is 25.2 Å². The highest BCUT2D eigenvalue weighted by Gasteiger charge is 2.38. The van der Waals surface area contributed by atoms with E-state index in [2.05, 4.69) is 30.5 Å². The zero-order valence-corrected chi connectivity index (χ0v) is 25.4. The molecule has 0 aliphatic carbocycles. The zero-order valence-electron chi connectivity index (χ0n) is 23.8. The average Bonchev–Trinajstić information content (AvgIpc) is 3.39.